The van der Waals surface area contributed by atoms with Gasteiger partial charge < -0.3 is 4.90 Å². The highest BCUT2D eigenvalue weighted by Crippen LogP contribution is 1.99. The van der Waals surface area contributed by atoms with Crippen molar-refractivity contribution in [2.75, 3.05) is 31.6 Å². The zero-order valence-electron chi connectivity index (χ0n) is 6.51. The van der Waals surface area contributed by atoms with Gasteiger partial charge in [0.15, 0.2) is 0 Å². The minimum atomic E-state index is -0.510. The van der Waals surface area contributed by atoms with Crippen molar-refractivity contribution in [2.24, 2.45) is 0 Å². The second-order valence-electron chi connectivity index (χ2n) is 2.86. The molecule has 60 valence electrons. The van der Waals surface area contributed by atoms with Crippen molar-refractivity contribution >= 4 is 10.8 Å². The summed E-state index contributed by atoms with van der Waals surface area (Å²) < 4.78 is 11.0. The lowest BCUT2D eigenvalue weighted by atomic mass is 10.4. The molecule has 10 heavy (non-hydrogen) atoms. The molecule has 0 aromatic rings. The summed E-state index contributed by atoms with van der Waals surface area (Å²) in [5.41, 5.74) is 0. The predicted octanol–water partition coefficient (Wildman–Crippen LogP) is 0.461. The van der Waals surface area contributed by atoms with Crippen LogP contribution in [0.5, 0.6) is 0 Å². The Hall–Kier alpha value is 0.110. The van der Waals surface area contributed by atoms with Crippen LogP contribution in [0.25, 0.3) is 0 Å². The Kier molecular flexibility index (Phi) is 3.35. The molecule has 0 spiro atoms. The van der Waals surface area contributed by atoms with Crippen LogP contribution in [0.2, 0.25) is 0 Å². The van der Waals surface area contributed by atoms with Gasteiger partial charge in [-0.25, -0.2) is 0 Å². The monoisotopic (exact) mass is 161 g/mol. The maximum atomic E-state index is 11.0. The molecule has 0 atom stereocenters. The van der Waals surface area contributed by atoms with Crippen LogP contribution in [-0.2, 0) is 10.8 Å². The van der Waals surface area contributed by atoms with E-state index in [4.69, 9.17) is 0 Å². The quantitative estimate of drug-likeness (QED) is 0.514. The van der Waals surface area contributed by atoms with Crippen LogP contribution in [0.1, 0.15) is 12.8 Å². The molecule has 0 aliphatic carbocycles. The standard InChI is InChI=1S/C7H15NOS/c1-8-4-2-6-10(9)7-3-5-8/h2-7H2,1H3. The van der Waals surface area contributed by atoms with Crippen LogP contribution in [0, 0.1) is 0 Å². The van der Waals surface area contributed by atoms with E-state index in [-0.39, 0.29) is 0 Å². The summed E-state index contributed by atoms with van der Waals surface area (Å²) in [6, 6.07) is 0. The van der Waals surface area contributed by atoms with Gasteiger partial charge in [0.25, 0.3) is 0 Å². The summed E-state index contributed by atoms with van der Waals surface area (Å²) in [6.07, 6.45) is 2.20. The van der Waals surface area contributed by atoms with E-state index in [2.05, 4.69) is 11.9 Å². The Labute approximate surface area is 65.1 Å². The molecule has 2 nitrogen and oxygen atoms in total. The first-order valence-electron chi connectivity index (χ1n) is 3.82. The molecule has 0 aromatic heterocycles. The molecule has 1 rings (SSSR count). The molecule has 0 radical (unpaired) electrons. The molecule has 1 aliphatic heterocycles. The first kappa shape index (κ1) is 8.21. The van der Waals surface area contributed by atoms with E-state index >= 15 is 0 Å². The molecular formula is C7H15NOS. The van der Waals surface area contributed by atoms with Gasteiger partial charge in [-0.15, -0.1) is 0 Å². The average Bonchev–Trinajstić information content (AvgIpc) is 1.84. The van der Waals surface area contributed by atoms with Gasteiger partial charge in [0.1, 0.15) is 0 Å². The molecule has 0 N–H and O–H groups in total. The van der Waals surface area contributed by atoms with Crippen molar-refractivity contribution in [3.05, 3.63) is 0 Å². The van der Waals surface area contributed by atoms with Gasteiger partial charge in [-0.05, 0) is 33.0 Å². The van der Waals surface area contributed by atoms with Crippen LogP contribution in [-0.4, -0.2) is 40.8 Å². The third kappa shape index (κ3) is 2.80. The fraction of sp³-hybridized carbons (Fsp3) is 1.00. The SMILES string of the molecule is CN1CCCS(=O)CCC1. The molecular weight excluding hydrogens is 146 g/mol. The summed E-state index contributed by atoms with van der Waals surface area (Å²) in [5.74, 6) is 1.81. The predicted molar refractivity (Wildman–Crippen MR) is 44.6 cm³/mol. The Balaban J connectivity index is 2.27. The third-order valence-corrected chi connectivity index (χ3v) is 3.31. The highest BCUT2D eigenvalue weighted by Gasteiger charge is 2.06. The van der Waals surface area contributed by atoms with Gasteiger partial charge in [-0.2, -0.15) is 0 Å². The zero-order chi connectivity index (χ0) is 7.40. The van der Waals surface area contributed by atoms with E-state index in [9.17, 15) is 4.21 Å². The molecule has 0 amide bonds. The van der Waals surface area contributed by atoms with E-state index < -0.39 is 10.8 Å². The highest BCUT2D eigenvalue weighted by molar-refractivity contribution is 7.84. The molecule has 0 unspecified atom stereocenters. The Bertz CT molecular complexity index is 115. The zero-order valence-corrected chi connectivity index (χ0v) is 7.32. The second-order valence-corrected chi connectivity index (χ2v) is 4.55. The number of hydrogen-bond acceptors (Lipinski definition) is 2. The van der Waals surface area contributed by atoms with Crippen molar-refractivity contribution in [2.45, 2.75) is 12.8 Å². The summed E-state index contributed by atoms with van der Waals surface area (Å²) in [5, 5.41) is 0. The lowest BCUT2D eigenvalue weighted by Gasteiger charge is -2.18. The minimum absolute atomic E-state index is 0.510. The maximum Gasteiger partial charge on any atom is 0.0247 e. The third-order valence-electron chi connectivity index (χ3n) is 1.82. The van der Waals surface area contributed by atoms with E-state index in [0.717, 1.165) is 37.4 Å². The van der Waals surface area contributed by atoms with Gasteiger partial charge in [-0.3, -0.25) is 4.21 Å². The molecule has 3 heteroatoms. The number of hydrogen-bond donors (Lipinski definition) is 0. The lowest BCUT2D eigenvalue weighted by Crippen LogP contribution is -2.26. The van der Waals surface area contributed by atoms with E-state index in [1.54, 1.807) is 0 Å². The average molecular weight is 161 g/mol. The summed E-state index contributed by atoms with van der Waals surface area (Å²) in [4.78, 5) is 2.32. The van der Waals surface area contributed by atoms with Crippen LogP contribution in [0.15, 0.2) is 0 Å². The Morgan fingerprint density at radius 2 is 1.70 bits per heavy atom. The smallest absolute Gasteiger partial charge is 0.0247 e. The van der Waals surface area contributed by atoms with E-state index in [0.29, 0.717) is 0 Å². The fourth-order valence-electron chi connectivity index (χ4n) is 1.20. The fourth-order valence-corrected chi connectivity index (χ4v) is 2.31. The summed E-state index contributed by atoms with van der Waals surface area (Å²) in [7, 11) is 1.62. The molecule has 1 heterocycles. The highest BCUT2D eigenvalue weighted by atomic mass is 32.2. The maximum absolute atomic E-state index is 11.0. The van der Waals surface area contributed by atoms with Gasteiger partial charge >= 0.3 is 0 Å². The van der Waals surface area contributed by atoms with Crippen LogP contribution < -0.4 is 0 Å². The number of rotatable bonds is 0. The van der Waals surface area contributed by atoms with Gasteiger partial charge in [0, 0.05) is 22.3 Å². The van der Waals surface area contributed by atoms with Gasteiger partial charge in [0.2, 0.25) is 0 Å². The molecule has 0 bridgehead atoms. The second kappa shape index (κ2) is 4.09. The van der Waals surface area contributed by atoms with Crippen LogP contribution >= 0.6 is 0 Å². The van der Waals surface area contributed by atoms with Gasteiger partial charge in [-0.1, -0.05) is 0 Å². The largest absolute Gasteiger partial charge is 0.306 e. The Morgan fingerprint density at radius 3 is 2.20 bits per heavy atom. The first-order valence-corrected chi connectivity index (χ1v) is 5.31. The van der Waals surface area contributed by atoms with Crippen molar-refractivity contribution in [3.63, 3.8) is 0 Å². The summed E-state index contributed by atoms with van der Waals surface area (Å²) >= 11 is 0. The number of nitrogens with zero attached hydrogens (tertiary/aromatic N) is 1. The van der Waals surface area contributed by atoms with Gasteiger partial charge in [0.05, 0.1) is 0 Å². The van der Waals surface area contributed by atoms with Crippen molar-refractivity contribution in [1.29, 1.82) is 0 Å². The molecule has 0 saturated carbocycles. The topological polar surface area (TPSA) is 20.3 Å². The van der Waals surface area contributed by atoms with Crippen LogP contribution in [0.4, 0.5) is 0 Å². The van der Waals surface area contributed by atoms with Crippen LogP contribution in [0.3, 0.4) is 0 Å². The normalized spacial score (nSPS) is 25.7. The first-order chi connectivity index (χ1) is 4.79. The van der Waals surface area contributed by atoms with Crippen molar-refractivity contribution in [3.8, 4) is 0 Å². The summed E-state index contributed by atoms with van der Waals surface area (Å²) in [6.45, 7) is 2.23. The molecule has 1 saturated heterocycles. The van der Waals surface area contributed by atoms with E-state index in [1.807, 2.05) is 0 Å². The molecule has 1 aliphatic rings. The van der Waals surface area contributed by atoms with Crippen molar-refractivity contribution < 1.29 is 4.21 Å². The van der Waals surface area contributed by atoms with Crippen molar-refractivity contribution in [1.82, 2.24) is 4.90 Å². The Morgan fingerprint density at radius 1 is 1.20 bits per heavy atom. The van der Waals surface area contributed by atoms with E-state index in [1.165, 1.54) is 0 Å². The minimum Gasteiger partial charge on any atom is -0.306 e. The lowest BCUT2D eigenvalue weighted by molar-refractivity contribution is 0.333. The molecule has 1 fully saturated rings. The molecule has 0 aromatic carbocycles.